The zero-order chi connectivity index (χ0) is 31.6. The Hall–Kier alpha value is -4.40. The number of rotatable bonds is 11. The molecule has 6 rings (SSSR count). The molecule has 0 radical (unpaired) electrons. The van der Waals surface area contributed by atoms with E-state index in [9.17, 15) is 9.90 Å². The van der Waals surface area contributed by atoms with Crippen molar-refractivity contribution in [1.29, 1.82) is 0 Å². The van der Waals surface area contributed by atoms with Crippen LogP contribution in [-0.4, -0.2) is 23.0 Å². The zero-order valence-electron chi connectivity index (χ0n) is 25.5. The summed E-state index contributed by atoms with van der Waals surface area (Å²) in [6, 6.07) is 44.5. The van der Waals surface area contributed by atoms with Crippen LogP contribution < -0.4 is 10.6 Å². The van der Waals surface area contributed by atoms with Crippen LogP contribution >= 0.6 is 11.8 Å². The summed E-state index contributed by atoms with van der Waals surface area (Å²) >= 11 is 1.79. The number of aliphatic hydroxyl groups excluding tert-OH is 1. The first-order valence-electron chi connectivity index (χ1n) is 15.6. The normalized spacial score (nSPS) is 17.7. The van der Waals surface area contributed by atoms with Crippen molar-refractivity contribution in [3.8, 4) is 11.1 Å². The molecule has 1 heterocycles. The van der Waals surface area contributed by atoms with E-state index in [1.165, 1.54) is 4.90 Å². The molecule has 3 N–H and O–H groups in total. The van der Waals surface area contributed by atoms with Crippen molar-refractivity contribution >= 4 is 17.8 Å². The number of hydrogen-bond donors (Lipinski definition) is 3. The number of hydrogen-bond acceptors (Lipinski definition) is 5. The number of nitrogens with one attached hydrogen (secondary N) is 2. The van der Waals surface area contributed by atoms with Gasteiger partial charge in [0.25, 0.3) is 0 Å². The molecule has 0 aliphatic carbocycles. The van der Waals surface area contributed by atoms with E-state index in [0.717, 1.165) is 51.1 Å². The summed E-state index contributed by atoms with van der Waals surface area (Å²) in [4.78, 5) is 13.6. The zero-order valence-corrected chi connectivity index (χ0v) is 26.4. The Bertz CT molecular complexity index is 1700. The molecular formula is C39H38N2O4S. The van der Waals surface area contributed by atoms with Gasteiger partial charge in [-0.2, -0.15) is 0 Å². The van der Waals surface area contributed by atoms with E-state index in [-0.39, 0.29) is 24.8 Å². The van der Waals surface area contributed by atoms with Crippen molar-refractivity contribution in [1.82, 2.24) is 10.6 Å². The summed E-state index contributed by atoms with van der Waals surface area (Å²) in [7, 11) is 0. The second-order valence-electron chi connectivity index (χ2n) is 11.3. The summed E-state index contributed by atoms with van der Waals surface area (Å²) in [6.07, 6.45) is 0.0509. The van der Waals surface area contributed by atoms with Crippen molar-refractivity contribution in [2.75, 3.05) is 5.75 Å². The molecule has 6 nitrogen and oxygen atoms in total. The van der Waals surface area contributed by atoms with Crippen LogP contribution in [0.5, 0.6) is 0 Å². The highest BCUT2D eigenvalue weighted by Crippen LogP contribution is 2.40. The fourth-order valence-electron chi connectivity index (χ4n) is 5.48. The van der Waals surface area contributed by atoms with Crippen molar-refractivity contribution in [3.05, 3.63) is 161 Å². The highest BCUT2D eigenvalue weighted by Gasteiger charge is 2.32. The summed E-state index contributed by atoms with van der Waals surface area (Å²) < 4.78 is 13.2. The number of amides is 2. The van der Waals surface area contributed by atoms with E-state index in [1.54, 1.807) is 11.8 Å². The molecule has 1 aliphatic heterocycles. The lowest BCUT2D eigenvalue weighted by atomic mass is 9.99. The van der Waals surface area contributed by atoms with E-state index in [1.807, 2.05) is 78.9 Å². The van der Waals surface area contributed by atoms with Gasteiger partial charge in [0.15, 0.2) is 6.29 Å². The van der Waals surface area contributed by atoms with Crippen LogP contribution in [0.1, 0.15) is 46.6 Å². The average Bonchev–Trinajstić information content (AvgIpc) is 3.13. The van der Waals surface area contributed by atoms with Crippen LogP contribution in [0, 0.1) is 0 Å². The fraction of sp³-hybridized carbons (Fsp3) is 0.205. The second-order valence-corrected chi connectivity index (χ2v) is 12.4. The average molecular weight is 631 g/mol. The van der Waals surface area contributed by atoms with Crippen LogP contribution in [0.4, 0.5) is 4.79 Å². The first kappa shape index (κ1) is 31.6. The molecule has 5 aromatic rings. The lowest BCUT2D eigenvalue weighted by Crippen LogP contribution is -2.34. The van der Waals surface area contributed by atoms with Crippen molar-refractivity contribution in [3.63, 3.8) is 0 Å². The maximum Gasteiger partial charge on any atom is 0.315 e. The van der Waals surface area contributed by atoms with Gasteiger partial charge in [0.2, 0.25) is 0 Å². The SMILES string of the molecule is O=C(NCc1ccccc1)NCc1cccc(-c2cccc([C@H]3O[C@@H](CSc4ccccc4)C[C@@H](c4ccc(CO)cc4)O3)c2)c1. The number of carbonyl (C=O) groups excluding carboxylic acids is 1. The molecular weight excluding hydrogens is 593 g/mol. The number of thioether (sulfide) groups is 1. The summed E-state index contributed by atoms with van der Waals surface area (Å²) in [5.74, 6) is 0.808. The number of benzene rings is 5. The maximum atomic E-state index is 12.4. The molecule has 0 aromatic heterocycles. The lowest BCUT2D eigenvalue weighted by Gasteiger charge is -2.36. The molecule has 0 bridgehead atoms. The third-order valence-electron chi connectivity index (χ3n) is 7.96. The Morgan fingerprint density at radius 3 is 2.07 bits per heavy atom. The topological polar surface area (TPSA) is 79.8 Å². The Kier molecular flexibility index (Phi) is 10.8. The molecule has 1 aliphatic rings. The van der Waals surface area contributed by atoms with Gasteiger partial charge in [0.05, 0.1) is 18.8 Å². The van der Waals surface area contributed by atoms with Crippen molar-refractivity contribution < 1.29 is 19.4 Å². The second kappa shape index (κ2) is 15.7. The standard InChI is InChI=1S/C39H38N2O4S/c42-26-29-17-19-31(20-18-29)37-23-35(27-46-36-15-5-2-6-16-36)44-38(45-37)34-14-8-13-33(22-34)32-12-7-11-30(21-32)25-41-39(43)40-24-28-9-3-1-4-10-28/h1-22,35,37-38,42H,23-27H2,(H2,40,41,43)/t35-,37+,38+/m1/s1. The molecule has 1 saturated heterocycles. The monoisotopic (exact) mass is 630 g/mol. The molecule has 7 heteroatoms. The molecule has 2 amide bonds. The predicted molar refractivity (Wildman–Crippen MR) is 183 cm³/mol. The van der Waals surface area contributed by atoms with E-state index >= 15 is 0 Å². The summed E-state index contributed by atoms with van der Waals surface area (Å²) in [5.41, 5.74) is 7.06. The van der Waals surface area contributed by atoms with E-state index in [4.69, 9.17) is 9.47 Å². The lowest BCUT2D eigenvalue weighted by molar-refractivity contribution is -0.245. The number of carbonyl (C=O) groups is 1. The van der Waals surface area contributed by atoms with Crippen molar-refractivity contribution in [2.45, 2.75) is 49.5 Å². The molecule has 5 aromatic carbocycles. The van der Waals surface area contributed by atoms with Gasteiger partial charge >= 0.3 is 6.03 Å². The predicted octanol–water partition coefficient (Wildman–Crippen LogP) is 8.18. The smallest absolute Gasteiger partial charge is 0.315 e. The Morgan fingerprint density at radius 1 is 0.674 bits per heavy atom. The quantitative estimate of drug-likeness (QED) is 0.128. The minimum Gasteiger partial charge on any atom is -0.392 e. The van der Waals surface area contributed by atoms with Gasteiger partial charge < -0.3 is 25.2 Å². The summed E-state index contributed by atoms with van der Waals surface area (Å²) in [6.45, 7) is 0.908. The summed E-state index contributed by atoms with van der Waals surface area (Å²) in [5, 5.41) is 15.4. The molecule has 0 unspecified atom stereocenters. The fourth-order valence-corrected chi connectivity index (χ4v) is 6.42. The van der Waals surface area contributed by atoms with Crippen molar-refractivity contribution in [2.24, 2.45) is 0 Å². The number of aliphatic hydroxyl groups is 1. The molecule has 0 saturated carbocycles. The number of ether oxygens (including phenoxy) is 2. The van der Waals surface area contributed by atoms with Gasteiger partial charge in [-0.3, -0.25) is 0 Å². The van der Waals surface area contributed by atoms with E-state index < -0.39 is 6.29 Å². The highest BCUT2D eigenvalue weighted by atomic mass is 32.2. The molecule has 234 valence electrons. The van der Waals surface area contributed by atoms with E-state index in [0.29, 0.717) is 13.1 Å². The largest absolute Gasteiger partial charge is 0.392 e. The first-order chi connectivity index (χ1) is 22.6. The molecule has 1 fully saturated rings. The molecule has 3 atom stereocenters. The van der Waals surface area contributed by atoms with Gasteiger partial charge in [0.1, 0.15) is 0 Å². The Labute approximate surface area is 274 Å². The minimum absolute atomic E-state index is 0.0133. The van der Waals surface area contributed by atoms with Crippen LogP contribution in [-0.2, 0) is 29.2 Å². The molecule has 46 heavy (non-hydrogen) atoms. The van der Waals surface area contributed by atoms with E-state index in [2.05, 4.69) is 65.2 Å². The maximum absolute atomic E-state index is 12.4. The number of urea groups is 1. The van der Waals surface area contributed by atoms with Gasteiger partial charge in [-0.1, -0.05) is 109 Å². The van der Waals surface area contributed by atoms with Crippen LogP contribution in [0.2, 0.25) is 0 Å². The Balaban J connectivity index is 1.15. The third kappa shape index (κ3) is 8.65. The Morgan fingerprint density at radius 2 is 1.33 bits per heavy atom. The highest BCUT2D eigenvalue weighted by molar-refractivity contribution is 7.99. The van der Waals surface area contributed by atoms with Crippen LogP contribution in [0.15, 0.2) is 138 Å². The third-order valence-corrected chi connectivity index (χ3v) is 9.11. The minimum atomic E-state index is -0.532. The molecule has 0 spiro atoms. The van der Waals surface area contributed by atoms with Crippen LogP contribution in [0.3, 0.4) is 0 Å². The van der Waals surface area contributed by atoms with Gasteiger partial charge in [-0.25, -0.2) is 4.79 Å². The van der Waals surface area contributed by atoms with Gasteiger partial charge in [0, 0.05) is 35.7 Å². The first-order valence-corrected chi connectivity index (χ1v) is 16.5. The van der Waals surface area contributed by atoms with Gasteiger partial charge in [-0.05, 0) is 57.6 Å². The van der Waals surface area contributed by atoms with Gasteiger partial charge in [-0.15, -0.1) is 11.8 Å². The van der Waals surface area contributed by atoms with Crippen LogP contribution in [0.25, 0.3) is 11.1 Å².